The maximum atomic E-state index is 12.7. The van der Waals surface area contributed by atoms with Crippen molar-refractivity contribution < 1.29 is 28.9 Å². The van der Waals surface area contributed by atoms with Crippen molar-refractivity contribution in [3.8, 4) is 11.5 Å². The third kappa shape index (κ3) is 3.73. The minimum Gasteiger partial charge on any atom is -0.480 e. The van der Waals surface area contributed by atoms with Crippen LogP contribution in [0.2, 0.25) is 5.02 Å². The molecule has 0 saturated carbocycles. The number of rotatable bonds is 5. The maximum absolute atomic E-state index is 12.7. The van der Waals surface area contributed by atoms with Crippen LogP contribution in [0.4, 0.5) is 0 Å². The zero-order valence-electron chi connectivity index (χ0n) is 13.0. The van der Waals surface area contributed by atoms with Gasteiger partial charge in [0.25, 0.3) is 0 Å². The number of benzene rings is 1. The van der Waals surface area contributed by atoms with E-state index in [1.54, 1.807) is 12.1 Å². The highest BCUT2D eigenvalue weighted by atomic mass is 35.5. The molecular weight excluding hydrogens is 338 g/mol. The summed E-state index contributed by atoms with van der Waals surface area (Å²) in [6.07, 6.45) is 1.50. The maximum Gasteiger partial charge on any atom is 0.323 e. The van der Waals surface area contributed by atoms with Gasteiger partial charge in [-0.05, 0) is 30.5 Å². The second-order valence-corrected chi connectivity index (χ2v) is 6.22. The topological polar surface area (TPSA) is 85.3 Å². The van der Waals surface area contributed by atoms with Gasteiger partial charge in [-0.1, -0.05) is 11.6 Å². The Morgan fingerprint density at radius 2 is 2.17 bits per heavy atom. The number of aliphatic carboxylic acids is 1. The van der Waals surface area contributed by atoms with E-state index in [1.807, 2.05) is 0 Å². The molecule has 0 bridgehead atoms. The number of hydrogen-bond donors (Lipinski definition) is 1. The largest absolute Gasteiger partial charge is 0.480 e. The lowest BCUT2D eigenvalue weighted by molar-refractivity contribution is -0.149. The van der Waals surface area contributed by atoms with Gasteiger partial charge in [0.15, 0.2) is 11.5 Å². The lowest BCUT2D eigenvalue weighted by atomic mass is 10.0. The fourth-order valence-corrected chi connectivity index (χ4v) is 3.19. The number of carboxylic acid groups (broad SMARTS) is 1. The van der Waals surface area contributed by atoms with E-state index in [9.17, 15) is 9.59 Å². The number of nitrogens with zero attached hydrogens (tertiary/aromatic N) is 1. The minimum atomic E-state index is -1.06. The Morgan fingerprint density at radius 1 is 1.33 bits per heavy atom. The SMILES string of the molecule is O=C(O)CN(Cc1cc(Cl)c2c(c1)OCO2)C(=O)C1CCCOC1. The number of carbonyl (C=O) groups excluding carboxylic acids is 1. The van der Waals surface area contributed by atoms with Gasteiger partial charge >= 0.3 is 5.97 Å². The molecule has 7 nitrogen and oxygen atoms in total. The van der Waals surface area contributed by atoms with Crippen molar-refractivity contribution >= 4 is 23.5 Å². The molecule has 2 aliphatic rings. The van der Waals surface area contributed by atoms with Crippen molar-refractivity contribution in [1.82, 2.24) is 4.90 Å². The summed E-state index contributed by atoms with van der Waals surface area (Å²) in [5.41, 5.74) is 0.690. The molecule has 130 valence electrons. The number of carbonyl (C=O) groups is 2. The molecule has 0 aliphatic carbocycles. The first kappa shape index (κ1) is 16.9. The quantitative estimate of drug-likeness (QED) is 0.868. The Balaban J connectivity index is 1.78. The van der Waals surface area contributed by atoms with E-state index in [0.717, 1.165) is 6.42 Å². The molecule has 24 heavy (non-hydrogen) atoms. The summed E-state index contributed by atoms with van der Waals surface area (Å²) < 4.78 is 15.9. The first-order chi connectivity index (χ1) is 11.5. The normalized spacial score (nSPS) is 19.1. The highest BCUT2D eigenvalue weighted by Gasteiger charge is 2.28. The van der Waals surface area contributed by atoms with Gasteiger partial charge in [-0.3, -0.25) is 9.59 Å². The summed E-state index contributed by atoms with van der Waals surface area (Å²) in [7, 11) is 0. The summed E-state index contributed by atoms with van der Waals surface area (Å²) in [5.74, 6) is -0.612. The fraction of sp³-hybridized carbons (Fsp3) is 0.500. The third-order valence-electron chi connectivity index (χ3n) is 4.01. The molecule has 1 amide bonds. The Bertz CT molecular complexity index is 644. The van der Waals surface area contributed by atoms with Gasteiger partial charge in [-0.2, -0.15) is 0 Å². The number of hydrogen-bond acceptors (Lipinski definition) is 5. The predicted octanol–water partition coefficient (Wildman–Crippen LogP) is 1.91. The van der Waals surface area contributed by atoms with Crippen LogP contribution in [0.1, 0.15) is 18.4 Å². The van der Waals surface area contributed by atoms with Gasteiger partial charge in [-0.15, -0.1) is 0 Å². The Hall–Kier alpha value is -1.99. The molecule has 1 fully saturated rings. The molecule has 3 rings (SSSR count). The van der Waals surface area contributed by atoms with Crippen molar-refractivity contribution in [2.75, 3.05) is 26.6 Å². The molecule has 1 N–H and O–H groups in total. The number of ether oxygens (including phenoxy) is 3. The molecule has 2 aliphatic heterocycles. The lowest BCUT2D eigenvalue weighted by Crippen LogP contribution is -2.41. The zero-order chi connectivity index (χ0) is 17.1. The van der Waals surface area contributed by atoms with E-state index in [1.165, 1.54) is 4.90 Å². The van der Waals surface area contributed by atoms with Crippen LogP contribution in [-0.2, 0) is 20.9 Å². The third-order valence-corrected chi connectivity index (χ3v) is 4.29. The predicted molar refractivity (Wildman–Crippen MR) is 84.2 cm³/mol. The number of halogens is 1. The van der Waals surface area contributed by atoms with Gasteiger partial charge in [0.2, 0.25) is 12.7 Å². The van der Waals surface area contributed by atoms with Crippen LogP contribution >= 0.6 is 11.6 Å². The molecule has 1 aromatic carbocycles. The summed E-state index contributed by atoms with van der Waals surface area (Å²) in [6, 6.07) is 3.38. The number of amides is 1. The zero-order valence-corrected chi connectivity index (χ0v) is 13.8. The molecule has 0 aromatic heterocycles. The van der Waals surface area contributed by atoms with Gasteiger partial charge in [0.05, 0.1) is 17.5 Å². The van der Waals surface area contributed by atoms with Crippen LogP contribution in [-0.4, -0.2) is 48.4 Å². The van der Waals surface area contributed by atoms with E-state index < -0.39 is 5.97 Å². The fourth-order valence-electron chi connectivity index (χ4n) is 2.90. The van der Waals surface area contributed by atoms with Gasteiger partial charge in [0.1, 0.15) is 6.54 Å². The first-order valence-electron chi connectivity index (χ1n) is 7.71. The van der Waals surface area contributed by atoms with E-state index in [2.05, 4.69) is 0 Å². The van der Waals surface area contributed by atoms with Gasteiger partial charge < -0.3 is 24.2 Å². The van der Waals surface area contributed by atoms with Crippen LogP contribution in [0.5, 0.6) is 11.5 Å². The van der Waals surface area contributed by atoms with Gasteiger partial charge in [0, 0.05) is 13.2 Å². The van der Waals surface area contributed by atoms with Crippen LogP contribution in [0.25, 0.3) is 0 Å². The average Bonchev–Trinajstić information content (AvgIpc) is 3.03. The van der Waals surface area contributed by atoms with Crippen LogP contribution in [0, 0.1) is 5.92 Å². The summed E-state index contributed by atoms with van der Waals surface area (Å²) in [5, 5.41) is 9.50. The standard InChI is InChI=1S/C16H18ClNO6/c17-12-4-10(5-13-15(12)24-9-23-13)6-18(7-14(19)20)16(21)11-2-1-3-22-8-11/h4-5,11H,1-3,6-9H2,(H,19,20). The minimum absolute atomic E-state index is 0.0929. The number of carboxylic acids is 1. The molecule has 1 aromatic rings. The first-order valence-corrected chi connectivity index (χ1v) is 8.08. The van der Waals surface area contributed by atoms with Crippen molar-refractivity contribution in [2.45, 2.75) is 19.4 Å². The van der Waals surface area contributed by atoms with Gasteiger partial charge in [-0.25, -0.2) is 0 Å². The van der Waals surface area contributed by atoms with Crippen molar-refractivity contribution in [2.24, 2.45) is 5.92 Å². The molecule has 0 spiro atoms. The highest BCUT2D eigenvalue weighted by Crippen LogP contribution is 2.40. The van der Waals surface area contributed by atoms with Crippen LogP contribution in [0.3, 0.4) is 0 Å². The highest BCUT2D eigenvalue weighted by molar-refractivity contribution is 6.32. The molecule has 8 heteroatoms. The molecule has 0 radical (unpaired) electrons. The Kier molecular flexibility index (Phi) is 5.11. The second-order valence-electron chi connectivity index (χ2n) is 5.81. The van der Waals surface area contributed by atoms with Crippen molar-refractivity contribution in [3.63, 3.8) is 0 Å². The van der Waals surface area contributed by atoms with Crippen LogP contribution < -0.4 is 9.47 Å². The average molecular weight is 356 g/mol. The Labute approximate surface area is 144 Å². The molecule has 1 atom stereocenters. The van der Waals surface area contributed by atoms with E-state index in [-0.39, 0.29) is 31.7 Å². The van der Waals surface area contributed by atoms with E-state index >= 15 is 0 Å². The van der Waals surface area contributed by atoms with Crippen molar-refractivity contribution in [1.29, 1.82) is 0 Å². The summed E-state index contributed by atoms with van der Waals surface area (Å²) in [4.78, 5) is 25.1. The Morgan fingerprint density at radius 3 is 2.88 bits per heavy atom. The summed E-state index contributed by atoms with van der Waals surface area (Å²) >= 11 is 6.15. The molecular formula is C16H18ClNO6. The smallest absolute Gasteiger partial charge is 0.323 e. The van der Waals surface area contributed by atoms with E-state index in [0.29, 0.717) is 41.7 Å². The van der Waals surface area contributed by atoms with Crippen LogP contribution in [0.15, 0.2) is 12.1 Å². The number of fused-ring (bicyclic) bond motifs is 1. The monoisotopic (exact) mass is 355 g/mol. The lowest BCUT2D eigenvalue weighted by Gasteiger charge is -2.28. The van der Waals surface area contributed by atoms with Crippen molar-refractivity contribution in [3.05, 3.63) is 22.7 Å². The van der Waals surface area contributed by atoms with E-state index in [4.69, 9.17) is 30.9 Å². The summed E-state index contributed by atoms with van der Waals surface area (Å²) in [6.45, 7) is 0.826. The molecule has 2 heterocycles. The molecule has 1 unspecified atom stereocenters. The molecule has 1 saturated heterocycles. The second kappa shape index (κ2) is 7.27.